The number of carbonyl (C=O) groups excluding carboxylic acids is 2. The van der Waals surface area contributed by atoms with Gasteiger partial charge in [0.1, 0.15) is 41.1 Å². The van der Waals surface area contributed by atoms with Crippen molar-refractivity contribution in [2.45, 2.75) is 103 Å². The van der Waals surface area contributed by atoms with Crippen molar-refractivity contribution >= 4 is 34.7 Å². The van der Waals surface area contributed by atoms with E-state index in [-0.39, 0.29) is 42.3 Å². The van der Waals surface area contributed by atoms with Crippen molar-refractivity contribution in [3.8, 4) is 28.3 Å². The largest absolute Gasteiger partial charge is 0.490 e. The van der Waals surface area contributed by atoms with Crippen molar-refractivity contribution in [3.05, 3.63) is 95.3 Å². The number of aromatic amines is 1. The van der Waals surface area contributed by atoms with E-state index >= 15 is 4.39 Å². The van der Waals surface area contributed by atoms with Crippen LogP contribution in [0.15, 0.2) is 67.0 Å². The molecule has 5 aromatic rings. The van der Waals surface area contributed by atoms with Gasteiger partial charge in [0.05, 0.1) is 35.7 Å². The van der Waals surface area contributed by atoms with E-state index in [2.05, 4.69) is 25.2 Å². The van der Waals surface area contributed by atoms with Gasteiger partial charge in [-0.3, -0.25) is 4.79 Å². The Hall–Kier alpha value is -6.22. The first-order chi connectivity index (χ1) is 32.4. The van der Waals surface area contributed by atoms with Gasteiger partial charge < -0.3 is 49.6 Å². The first-order valence-corrected chi connectivity index (χ1v) is 22.4. The van der Waals surface area contributed by atoms with Crippen LogP contribution in [0.25, 0.3) is 33.5 Å². The lowest BCUT2D eigenvalue weighted by atomic mass is 9.96. The zero-order chi connectivity index (χ0) is 50.4. The van der Waals surface area contributed by atoms with Gasteiger partial charge in [0.15, 0.2) is 0 Å². The molecule has 15 nitrogen and oxygen atoms in total. The third-order valence-electron chi connectivity index (χ3n) is 11.6. The Bertz CT molecular complexity index is 2600. The van der Waals surface area contributed by atoms with Crippen molar-refractivity contribution < 1.29 is 65.9 Å². The summed E-state index contributed by atoms with van der Waals surface area (Å²) in [4.78, 5) is 50.8. The summed E-state index contributed by atoms with van der Waals surface area (Å²) in [6, 6.07) is 16.1. The number of carbonyl (C=O) groups is 3. The number of nitrogens with zero attached hydrogens (tertiary/aromatic N) is 4. The number of H-pyrrole nitrogens is 1. The highest BCUT2D eigenvalue weighted by Gasteiger charge is 2.38. The summed E-state index contributed by atoms with van der Waals surface area (Å²) in [5, 5.41) is 30.8. The number of aliphatic hydroxyl groups excluding tert-OH is 1. The number of carboxylic acid groups (broad SMARTS) is 1. The fraction of sp³-hybridized carbons (Fsp3) is 0.449. The minimum atomic E-state index is -5.08. The lowest BCUT2D eigenvalue weighted by Crippen LogP contribution is -2.47. The van der Waals surface area contributed by atoms with E-state index in [1.807, 2.05) is 51.1 Å². The quantitative estimate of drug-likeness (QED) is 0.0748. The molecular formula is C49H57F5N6O9. The van der Waals surface area contributed by atoms with Crippen LogP contribution in [0, 0.1) is 18.6 Å². The normalized spacial score (nSPS) is 15.9. The Morgan fingerprint density at radius 3 is 2.10 bits per heavy atom. The predicted molar refractivity (Wildman–Crippen MR) is 246 cm³/mol. The number of anilines is 1. The maximum Gasteiger partial charge on any atom is 0.490 e. The molecular weight excluding hydrogens is 912 g/mol. The second-order valence-electron chi connectivity index (χ2n) is 18.6. The van der Waals surface area contributed by atoms with Gasteiger partial charge in [0.2, 0.25) is 0 Å². The first-order valence-electron chi connectivity index (χ1n) is 22.4. The summed E-state index contributed by atoms with van der Waals surface area (Å²) in [5.74, 6) is -4.19. The SMILES string of the molecule is Cc1c(NC(=O)c2ccc(C(C)(C)O)cc2F)cc(F)cc1-c1ncnc2[nH]c(-c3ccc(OC4CCN(C[C@H](CO)OC5CCN(C(=O)OC(C)(C)C)CC5)CC4)cc3)cc12.O=C(O)C(F)(F)F. The lowest BCUT2D eigenvalue weighted by Gasteiger charge is -2.37. The number of aliphatic hydroxyl groups is 2. The third kappa shape index (κ3) is 14.0. The summed E-state index contributed by atoms with van der Waals surface area (Å²) in [6.07, 6.45) is -1.23. The van der Waals surface area contributed by atoms with E-state index in [1.54, 1.807) is 11.8 Å². The van der Waals surface area contributed by atoms with Gasteiger partial charge in [0, 0.05) is 55.1 Å². The molecule has 4 heterocycles. The van der Waals surface area contributed by atoms with Crippen LogP contribution in [0.5, 0.6) is 5.75 Å². The Morgan fingerprint density at radius 2 is 1.52 bits per heavy atom. The van der Waals surface area contributed by atoms with E-state index in [9.17, 15) is 37.4 Å². The van der Waals surface area contributed by atoms with Crippen LogP contribution in [0.4, 0.5) is 32.4 Å². The van der Waals surface area contributed by atoms with E-state index < -0.39 is 40.9 Å². The van der Waals surface area contributed by atoms with Gasteiger partial charge in [-0.05, 0) is 139 Å². The molecule has 0 bridgehead atoms. The number of hydrogen-bond acceptors (Lipinski definition) is 11. The molecule has 0 spiro atoms. The molecule has 0 radical (unpaired) electrons. The average molecular weight is 969 g/mol. The molecule has 0 unspecified atom stereocenters. The summed E-state index contributed by atoms with van der Waals surface area (Å²) in [7, 11) is 0. The topological polar surface area (TPSA) is 200 Å². The highest BCUT2D eigenvalue weighted by atomic mass is 19.4. The van der Waals surface area contributed by atoms with Crippen molar-refractivity contribution in [1.29, 1.82) is 0 Å². The number of hydrogen-bond donors (Lipinski definition) is 5. The number of rotatable bonds is 12. The molecule has 2 saturated heterocycles. The van der Waals surface area contributed by atoms with Crippen LogP contribution in [-0.2, 0) is 19.9 Å². The number of amides is 2. The van der Waals surface area contributed by atoms with Gasteiger partial charge >= 0.3 is 18.2 Å². The number of ether oxygens (including phenoxy) is 3. The molecule has 0 aliphatic carbocycles. The lowest BCUT2D eigenvalue weighted by molar-refractivity contribution is -0.192. The minimum absolute atomic E-state index is 0.0210. The van der Waals surface area contributed by atoms with E-state index in [4.69, 9.17) is 24.1 Å². The molecule has 7 rings (SSSR count). The number of alkyl halides is 3. The Balaban J connectivity index is 0.00000104. The molecule has 1 atom stereocenters. The van der Waals surface area contributed by atoms with Crippen LogP contribution in [0.1, 0.15) is 81.8 Å². The van der Waals surface area contributed by atoms with Gasteiger partial charge in [0.25, 0.3) is 5.91 Å². The number of aromatic nitrogens is 3. The molecule has 372 valence electrons. The minimum Gasteiger partial charge on any atom is -0.490 e. The van der Waals surface area contributed by atoms with Crippen molar-refractivity contribution in [1.82, 2.24) is 24.8 Å². The van der Waals surface area contributed by atoms with Crippen molar-refractivity contribution in [3.63, 3.8) is 0 Å². The number of aliphatic carboxylic acids is 1. The monoisotopic (exact) mass is 968 g/mol. The van der Waals surface area contributed by atoms with Gasteiger partial charge in [-0.15, -0.1) is 0 Å². The Kier molecular flexibility index (Phi) is 16.3. The van der Waals surface area contributed by atoms with Gasteiger partial charge in [-0.25, -0.2) is 28.3 Å². The maximum absolute atomic E-state index is 15.2. The first kappa shape index (κ1) is 52.2. The number of fused-ring (bicyclic) bond motifs is 1. The summed E-state index contributed by atoms with van der Waals surface area (Å²) < 4.78 is 80.0. The number of likely N-dealkylation sites (tertiary alicyclic amines) is 2. The fourth-order valence-corrected chi connectivity index (χ4v) is 7.95. The molecule has 69 heavy (non-hydrogen) atoms. The average Bonchev–Trinajstić information content (AvgIpc) is 3.72. The molecule has 2 amide bonds. The van der Waals surface area contributed by atoms with Crippen molar-refractivity contribution in [2.24, 2.45) is 0 Å². The molecule has 5 N–H and O–H groups in total. The number of piperidine rings is 2. The smallest absolute Gasteiger partial charge is 0.490 e. The standard InChI is InChI=1S/C47H56F2N6O7.C2HF3O2/c1-28-37(22-31(48)23-40(28)53-44(57)36-12-9-30(21-39(36)49)47(5,6)59)42-38-24-41(52-43(38)51-27-50-42)29-7-10-32(11-8-29)60-33-13-17-54(18-14-33)25-35(26-56)61-34-15-19-55(20-16-34)45(58)62-46(2,3)4;3-2(4,5)1(6)7/h7-12,21-24,27,33-35,56,59H,13-20,25-26H2,1-6H3,(H,53,57)(H,50,51,52);(H,6,7)/t35-;/m1./s1. The zero-order valence-electron chi connectivity index (χ0n) is 39.1. The molecule has 2 fully saturated rings. The van der Waals surface area contributed by atoms with Crippen LogP contribution < -0.4 is 10.1 Å². The van der Waals surface area contributed by atoms with Crippen LogP contribution >= 0.6 is 0 Å². The maximum atomic E-state index is 15.2. The predicted octanol–water partition coefficient (Wildman–Crippen LogP) is 8.61. The van der Waals surface area contributed by atoms with Crippen LogP contribution in [0.3, 0.4) is 0 Å². The second kappa shape index (κ2) is 21.6. The molecule has 2 aromatic heterocycles. The highest BCUT2D eigenvalue weighted by Crippen LogP contribution is 2.36. The van der Waals surface area contributed by atoms with E-state index in [0.29, 0.717) is 65.9 Å². The van der Waals surface area contributed by atoms with Crippen LogP contribution in [0.2, 0.25) is 0 Å². The molecule has 2 aliphatic rings. The Labute approximate surface area is 395 Å². The second-order valence-corrected chi connectivity index (χ2v) is 18.6. The number of benzene rings is 3. The van der Waals surface area contributed by atoms with Gasteiger partial charge in [-0.1, -0.05) is 6.07 Å². The summed E-state index contributed by atoms with van der Waals surface area (Å²) in [6.45, 7) is 13.6. The number of nitrogens with one attached hydrogen (secondary N) is 2. The summed E-state index contributed by atoms with van der Waals surface area (Å²) >= 11 is 0. The fourth-order valence-electron chi connectivity index (χ4n) is 7.95. The van der Waals surface area contributed by atoms with E-state index in [0.717, 1.165) is 49.0 Å². The zero-order valence-corrected chi connectivity index (χ0v) is 39.1. The van der Waals surface area contributed by atoms with Crippen molar-refractivity contribution in [2.75, 3.05) is 44.6 Å². The van der Waals surface area contributed by atoms with Crippen LogP contribution in [-0.4, -0.2) is 127 Å². The highest BCUT2D eigenvalue weighted by molar-refractivity contribution is 6.06. The third-order valence-corrected chi connectivity index (χ3v) is 11.6. The van der Waals surface area contributed by atoms with Gasteiger partial charge in [-0.2, -0.15) is 13.2 Å². The molecule has 2 aliphatic heterocycles. The van der Waals surface area contributed by atoms with E-state index in [1.165, 1.54) is 44.4 Å². The number of halogens is 5. The number of carboxylic acids is 1. The Morgan fingerprint density at radius 1 is 0.884 bits per heavy atom. The summed E-state index contributed by atoms with van der Waals surface area (Å²) in [5.41, 5.74) is 2.00. The molecule has 0 saturated carbocycles. The molecule has 20 heteroatoms. The molecule has 3 aromatic carbocycles.